The number of hydrogen-bond acceptors (Lipinski definition) is 4. The van der Waals surface area contributed by atoms with Gasteiger partial charge in [-0.2, -0.15) is 0 Å². The Bertz CT molecular complexity index is 1070. The number of nitrogens with one attached hydrogen (secondary N) is 2. The van der Waals surface area contributed by atoms with Crippen LogP contribution in [0.5, 0.6) is 5.75 Å². The molecule has 166 valence electrons. The summed E-state index contributed by atoms with van der Waals surface area (Å²) in [6, 6.07) is 22.0. The van der Waals surface area contributed by atoms with Crippen LogP contribution >= 0.6 is 0 Å². The van der Waals surface area contributed by atoms with Gasteiger partial charge < -0.3 is 15.4 Å². The van der Waals surface area contributed by atoms with Gasteiger partial charge in [0.1, 0.15) is 5.75 Å². The van der Waals surface area contributed by atoms with Crippen molar-refractivity contribution in [2.75, 3.05) is 26.7 Å². The monoisotopic (exact) mass is 431 g/mol. The second kappa shape index (κ2) is 10.3. The van der Waals surface area contributed by atoms with E-state index in [1.807, 2.05) is 36.4 Å². The number of methoxy groups -OCH3 is 1. The van der Waals surface area contributed by atoms with E-state index in [-0.39, 0.29) is 12.6 Å². The molecule has 1 saturated heterocycles. The second-order valence-corrected chi connectivity index (χ2v) is 8.07. The lowest BCUT2D eigenvalue weighted by Crippen LogP contribution is -2.43. The second-order valence-electron chi connectivity index (χ2n) is 8.07. The van der Waals surface area contributed by atoms with Gasteiger partial charge in [-0.1, -0.05) is 54.6 Å². The summed E-state index contributed by atoms with van der Waals surface area (Å²) in [7, 11) is 1.61. The van der Waals surface area contributed by atoms with Crippen molar-refractivity contribution < 1.29 is 14.3 Å². The molecule has 32 heavy (non-hydrogen) atoms. The SMILES string of the molecule is COc1ccc(CNC(=O)C(=O)NCC(c2cccc3ccccc23)N2CCCC2)cc1. The lowest BCUT2D eigenvalue weighted by molar-refractivity contribution is -0.139. The van der Waals surface area contributed by atoms with Gasteiger partial charge in [-0.05, 0) is 60.0 Å². The molecule has 0 radical (unpaired) electrons. The molecule has 1 heterocycles. The summed E-state index contributed by atoms with van der Waals surface area (Å²) in [5, 5.41) is 7.92. The molecule has 0 spiro atoms. The van der Waals surface area contributed by atoms with Crippen molar-refractivity contribution in [3.63, 3.8) is 0 Å². The van der Waals surface area contributed by atoms with Crippen LogP contribution in [0.1, 0.15) is 30.0 Å². The Labute approximate surface area is 188 Å². The number of ether oxygens (including phenoxy) is 1. The fourth-order valence-electron chi connectivity index (χ4n) is 4.31. The maximum atomic E-state index is 12.5. The highest BCUT2D eigenvalue weighted by atomic mass is 16.5. The largest absolute Gasteiger partial charge is 0.497 e. The van der Waals surface area contributed by atoms with Crippen molar-refractivity contribution >= 4 is 22.6 Å². The van der Waals surface area contributed by atoms with Crippen LogP contribution in [0, 0.1) is 0 Å². The van der Waals surface area contributed by atoms with Crippen molar-refractivity contribution in [3.05, 3.63) is 77.9 Å². The first-order chi connectivity index (χ1) is 15.7. The van der Waals surface area contributed by atoms with Crippen LogP contribution in [0.2, 0.25) is 0 Å². The third-order valence-electron chi connectivity index (χ3n) is 6.04. The van der Waals surface area contributed by atoms with Gasteiger partial charge in [-0.15, -0.1) is 0 Å². The van der Waals surface area contributed by atoms with Crippen molar-refractivity contribution in [2.45, 2.75) is 25.4 Å². The quantitative estimate of drug-likeness (QED) is 0.563. The molecule has 1 fully saturated rings. The molecular weight excluding hydrogens is 402 g/mol. The number of hydrogen-bond donors (Lipinski definition) is 2. The summed E-state index contributed by atoms with van der Waals surface area (Å²) in [6.45, 7) is 2.67. The van der Waals surface area contributed by atoms with Gasteiger partial charge in [0.2, 0.25) is 0 Å². The van der Waals surface area contributed by atoms with Crippen LogP contribution in [0.4, 0.5) is 0 Å². The molecule has 0 saturated carbocycles. The summed E-state index contributed by atoms with van der Waals surface area (Å²) >= 11 is 0. The van der Waals surface area contributed by atoms with Crippen LogP contribution in [0.25, 0.3) is 10.8 Å². The van der Waals surface area contributed by atoms with E-state index in [1.54, 1.807) is 7.11 Å². The highest BCUT2D eigenvalue weighted by molar-refractivity contribution is 6.35. The van der Waals surface area contributed by atoms with Gasteiger partial charge in [0.25, 0.3) is 0 Å². The highest BCUT2D eigenvalue weighted by Gasteiger charge is 2.26. The van der Waals surface area contributed by atoms with E-state index in [9.17, 15) is 9.59 Å². The van der Waals surface area contributed by atoms with E-state index in [0.717, 1.165) is 37.2 Å². The lowest BCUT2D eigenvalue weighted by Gasteiger charge is -2.29. The molecule has 2 amide bonds. The molecule has 2 N–H and O–H groups in total. The number of likely N-dealkylation sites (tertiary alicyclic amines) is 1. The fourth-order valence-corrected chi connectivity index (χ4v) is 4.31. The van der Waals surface area contributed by atoms with Crippen LogP contribution in [0.15, 0.2) is 66.7 Å². The van der Waals surface area contributed by atoms with Crippen molar-refractivity contribution in [1.82, 2.24) is 15.5 Å². The maximum absolute atomic E-state index is 12.5. The molecule has 1 aliphatic heterocycles. The lowest BCUT2D eigenvalue weighted by atomic mass is 9.97. The third kappa shape index (κ3) is 5.08. The fraction of sp³-hybridized carbons (Fsp3) is 0.308. The summed E-state index contributed by atoms with van der Waals surface area (Å²) in [5.74, 6) is -0.485. The minimum atomic E-state index is -0.626. The molecule has 6 heteroatoms. The van der Waals surface area contributed by atoms with E-state index in [1.165, 1.54) is 16.3 Å². The standard InChI is InChI=1S/C26H29N3O3/c1-32-21-13-11-19(12-14-21)17-27-25(30)26(31)28-18-24(29-15-4-5-16-29)23-10-6-8-20-7-2-3-9-22(20)23/h2-3,6-14,24H,4-5,15-18H2,1H3,(H,27,30)(H,28,31). The Balaban J connectivity index is 1.41. The van der Waals surface area contributed by atoms with E-state index >= 15 is 0 Å². The Morgan fingerprint density at radius 1 is 0.906 bits per heavy atom. The summed E-state index contributed by atoms with van der Waals surface area (Å²) in [5.41, 5.74) is 2.08. The first-order valence-electron chi connectivity index (χ1n) is 11.1. The molecule has 0 bridgehead atoms. The predicted molar refractivity (Wildman–Crippen MR) is 125 cm³/mol. The number of amides is 2. The molecule has 3 aromatic rings. The predicted octanol–water partition coefficient (Wildman–Crippen LogP) is 3.42. The van der Waals surface area contributed by atoms with Gasteiger partial charge in [0.05, 0.1) is 13.2 Å². The molecule has 1 aliphatic rings. The topological polar surface area (TPSA) is 70.7 Å². The minimum absolute atomic E-state index is 0.0296. The Kier molecular flexibility index (Phi) is 7.02. The average Bonchev–Trinajstić information content (AvgIpc) is 3.37. The number of carbonyl (C=O) groups is 2. The third-order valence-corrected chi connectivity index (χ3v) is 6.04. The molecule has 0 aromatic heterocycles. The zero-order valence-corrected chi connectivity index (χ0v) is 18.3. The van der Waals surface area contributed by atoms with Crippen LogP contribution in [-0.4, -0.2) is 43.5 Å². The Morgan fingerprint density at radius 2 is 1.59 bits per heavy atom. The summed E-state index contributed by atoms with van der Waals surface area (Å²) in [4.78, 5) is 27.3. The number of nitrogens with zero attached hydrogens (tertiary/aromatic N) is 1. The summed E-state index contributed by atoms with van der Waals surface area (Å²) < 4.78 is 5.14. The zero-order chi connectivity index (χ0) is 22.3. The number of benzene rings is 3. The Hall–Kier alpha value is -3.38. The van der Waals surface area contributed by atoms with E-state index < -0.39 is 11.8 Å². The van der Waals surface area contributed by atoms with Gasteiger partial charge in [-0.3, -0.25) is 14.5 Å². The molecule has 0 aliphatic carbocycles. The van der Waals surface area contributed by atoms with Crippen molar-refractivity contribution in [3.8, 4) is 5.75 Å². The average molecular weight is 432 g/mol. The van der Waals surface area contributed by atoms with E-state index in [2.05, 4.69) is 45.9 Å². The minimum Gasteiger partial charge on any atom is -0.497 e. The Morgan fingerprint density at radius 3 is 2.34 bits per heavy atom. The molecule has 6 nitrogen and oxygen atoms in total. The van der Waals surface area contributed by atoms with Gasteiger partial charge >= 0.3 is 11.8 Å². The van der Waals surface area contributed by atoms with Gasteiger partial charge in [0.15, 0.2) is 0 Å². The van der Waals surface area contributed by atoms with Crippen LogP contribution < -0.4 is 15.4 Å². The molecule has 1 atom stereocenters. The molecular formula is C26H29N3O3. The first-order valence-corrected chi connectivity index (χ1v) is 11.1. The number of carbonyl (C=O) groups excluding carboxylic acids is 2. The van der Waals surface area contributed by atoms with Gasteiger partial charge in [-0.25, -0.2) is 0 Å². The smallest absolute Gasteiger partial charge is 0.309 e. The van der Waals surface area contributed by atoms with Crippen LogP contribution in [-0.2, 0) is 16.1 Å². The van der Waals surface area contributed by atoms with Gasteiger partial charge in [0, 0.05) is 13.1 Å². The number of fused-ring (bicyclic) bond motifs is 1. The normalized spacial score (nSPS) is 14.8. The molecule has 1 unspecified atom stereocenters. The maximum Gasteiger partial charge on any atom is 0.309 e. The van der Waals surface area contributed by atoms with Crippen molar-refractivity contribution in [1.29, 1.82) is 0 Å². The highest BCUT2D eigenvalue weighted by Crippen LogP contribution is 2.30. The zero-order valence-electron chi connectivity index (χ0n) is 18.3. The van der Waals surface area contributed by atoms with E-state index in [0.29, 0.717) is 6.54 Å². The van der Waals surface area contributed by atoms with Crippen molar-refractivity contribution in [2.24, 2.45) is 0 Å². The molecule has 3 aromatic carbocycles. The van der Waals surface area contributed by atoms with E-state index in [4.69, 9.17) is 4.74 Å². The number of rotatable bonds is 7. The van der Waals surface area contributed by atoms with Crippen LogP contribution in [0.3, 0.4) is 0 Å². The first kappa shape index (κ1) is 21.8. The molecule has 4 rings (SSSR count). The summed E-state index contributed by atoms with van der Waals surface area (Å²) in [6.07, 6.45) is 2.30.